The minimum absolute atomic E-state index is 0.166. The number of nitrogens with one attached hydrogen (secondary N) is 1. The lowest BCUT2D eigenvalue weighted by molar-refractivity contribution is -0.137. The zero-order chi connectivity index (χ0) is 15.3. The summed E-state index contributed by atoms with van der Waals surface area (Å²) in [5.74, 6) is 0.369. The Hall–Kier alpha value is -1.07. The number of likely N-dealkylation sites (N-methyl/N-ethyl adjacent to an activating group) is 1. The van der Waals surface area contributed by atoms with Crippen molar-refractivity contribution in [2.75, 3.05) is 19.8 Å². The van der Waals surface area contributed by atoms with Gasteiger partial charge in [0.1, 0.15) is 0 Å². The molecule has 1 aromatic rings. The van der Waals surface area contributed by atoms with Gasteiger partial charge in [0.25, 0.3) is 0 Å². The highest BCUT2D eigenvalue weighted by Crippen LogP contribution is 2.30. The van der Waals surface area contributed by atoms with Crippen LogP contribution in [-0.2, 0) is 17.3 Å². The van der Waals surface area contributed by atoms with E-state index in [0.29, 0.717) is 18.9 Å². The number of halogens is 3. The van der Waals surface area contributed by atoms with Crippen molar-refractivity contribution in [3.63, 3.8) is 0 Å². The first-order valence-corrected chi connectivity index (χ1v) is 7.48. The molecule has 0 saturated carbocycles. The third-order valence-corrected chi connectivity index (χ3v) is 3.94. The summed E-state index contributed by atoms with van der Waals surface area (Å²) in [5.41, 5.74) is 0.150. The van der Waals surface area contributed by atoms with Gasteiger partial charge in [-0.15, -0.1) is 0 Å². The summed E-state index contributed by atoms with van der Waals surface area (Å²) < 4.78 is 43.8. The van der Waals surface area contributed by atoms with Crippen LogP contribution in [0.2, 0.25) is 0 Å². The number of benzene rings is 1. The van der Waals surface area contributed by atoms with Gasteiger partial charge in [0.2, 0.25) is 0 Å². The van der Waals surface area contributed by atoms with Crippen molar-refractivity contribution in [1.29, 1.82) is 0 Å². The molecule has 0 amide bonds. The largest absolute Gasteiger partial charge is 0.416 e. The predicted molar refractivity (Wildman–Crippen MR) is 76.2 cm³/mol. The van der Waals surface area contributed by atoms with Crippen molar-refractivity contribution in [1.82, 2.24) is 5.32 Å². The number of hydrogen-bond acceptors (Lipinski definition) is 2. The van der Waals surface area contributed by atoms with Crippen LogP contribution in [0.25, 0.3) is 0 Å². The average Bonchev–Trinajstić information content (AvgIpc) is 2.47. The Morgan fingerprint density at radius 2 is 2.19 bits per heavy atom. The molecule has 1 fully saturated rings. The molecule has 1 saturated heterocycles. The van der Waals surface area contributed by atoms with Crippen LogP contribution in [0.4, 0.5) is 13.2 Å². The number of rotatable bonds is 5. The lowest BCUT2D eigenvalue weighted by Gasteiger charge is -2.31. The number of ether oxygens (including phenoxy) is 1. The van der Waals surface area contributed by atoms with E-state index in [1.165, 1.54) is 12.1 Å². The fourth-order valence-electron chi connectivity index (χ4n) is 2.88. The van der Waals surface area contributed by atoms with E-state index in [4.69, 9.17) is 4.74 Å². The van der Waals surface area contributed by atoms with Gasteiger partial charge in [-0.05, 0) is 43.4 Å². The summed E-state index contributed by atoms with van der Waals surface area (Å²) in [6.45, 7) is 4.30. The minimum atomic E-state index is -4.28. The molecule has 0 aliphatic carbocycles. The summed E-state index contributed by atoms with van der Waals surface area (Å²) >= 11 is 0. The second kappa shape index (κ2) is 7.27. The van der Waals surface area contributed by atoms with Gasteiger partial charge in [-0.3, -0.25) is 0 Å². The molecule has 0 radical (unpaired) electrons. The molecular formula is C16H22F3NO. The highest BCUT2D eigenvalue weighted by Gasteiger charge is 2.31. The normalized spacial score (nSPS) is 21.2. The first-order valence-electron chi connectivity index (χ1n) is 7.48. The second-order valence-electron chi connectivity index (χ2n) is 5.54. The fourth-order valence-corrected chi connectivity index (χ4v) is 2.88. The van der Waals surface area contributed by atoms with Crippen molar-refractivity contribution in [3.8, 4) is 0 Å². The highest BCUT2D eigenvalue weighted by atomic mass is 19.4. The van der Waals surface area contributed by atoms with Gasteiger partial charge in [0.05, 0.1) is 12.2 Å². The van der Waals surface area contributed by atoms with Crippen molar-refractivity contribution < 1.29 is 17.9 Å². The zero-order valence-corrected chi connectivity index (χ0v) is 12.2. The van der Waals surface area contributed by atoms with Crippen LogP contribution < -0.4 is 5.32 Å². The van der Waals surface area contributed by atoms with Crippen molar-refractivity contribution >= 4 is 0 Å². The van der Waals surface area contributed by atoms with Gasteiger partial charge in [0.15, 0.2) is 0 Å². The van der Waals surface area contributed by atoms with E-state index in [-0.39, 0.29) is 6.04 Å². The highest BCUT2D eigenvalue weighted by molar-refractivity contribution is 5.26. The Labute approximate surface area is 123 Å². The molecule has 0 spiro atoms. The van der Waals surface area contributed by atoms with E-state index < -0.39 is 11.7 Å². The summed E-state index contributed by atoms with van der Waals surface area (Å²) in [4.78, 5) is 0. The molecule has 1 N–H and O–H groups in total. The predicted octanol–water partition coefficient (Wildman–Crippen LogP) is 3.65. The Balaban J connectivity index is 2.09. The quantitative estimate of drug-likeness (QED) is 0.896. The van der Waals surface area contributed by atoms with Gasteiger partial charge in [0, 0.05) is 12.6 Å². The zero-order valence-electron chi connectivity index (χ0n) is 12.2. The lowest BCUT2D eigenvalue weighted by Crippen LogP contribution is -2.41. The van der Waals surface area contributed by atoms with E-state index in [0.717, 1.165) is 37.6 Å². The van der Waals surface area contributed by atoms with E-state index in [1.54, 1.807) is 6.07 Å². The van der Waals surface area contributed by atoms with E-state index in [2.05, 4.69) is 5.32 Å². The van der Waals surface area contributed by atoms with E-state index in [9.17, 15) is 13.2 Å². The molecule has 1 heterocycles. The Morgan fingerprint density at radius 3 is 2.81 bits per heavy atom. The fraction of sp³-hybridized carbons (Fsp3) is 0.625. The third-order valence-electron chi connectivity index (χ3n) is 3.94. The molecule has 2 nitrogen and oxygen atoms in total. The van der Waals surface area contributed by atoms with Gasteiger partial charge in [-0.2, -0.15) is 13.2 Å². The first kappa shape index (κ1) is 16.3. The molecule has 1 aliphatic heterocycles. The van der Waals surface area contributed by atoms with Gasteiger partial charge in [-0.1, -0.05) is 25.1 Å². The SMILES string of the molecule is CCNC(Cc1cccc(C(F)(F)F)c1)C1CCCOC1. The smallest absolute Gasteiger partial charge is 0.381 e. The minimum Gasteiger partial charge on any atom is -0.381 e. The third kappa shape index (κ3) is 4.71. The standard InChI is InChI=1S/C16H22F3NO/c1-2-20-15(13-6-4-8-21-11-13)10-12-5-3-7-14(9-12)16(17,18)19/h3,5,7,9,13,15,20H,2,4,6,8,10-11H2,1H3. The molecule has 21 heavy (non-hydrogen) atoms. The van der Waals surface area contributed by atoms with Gasteiger partial charge >= 0.3 is 6.18 Å². The van der Waals surface area contributed by atoms with Crippen LogP contribution in [-0.4, -0.2) is 25.8 Å². The molecule has 5 heteroatoms. The average molecular weight is 301 g/mol. The van der Waals surface area contributed by atoms with Gasteiger partial charge in [-0.25, -0.2) is 0 Å². The lowest BCUT2D eigenvalue weighted by atomic mass is 9.89. The van der Waals surface area contributed by atoms with Crippen LogP contribution >= 0.6 is 0 Å². The molecular weight excluding hydrogens is 279 g/mol. The number of hydrogen-bond donors (Lipinski definition) is 1. The van der Waals surface area contributed by atoms with E-state index >= 15 is 0 Å². The van der Waals surface area contributed by atoms with Crippen LogP contribution in [0.3, 0.4) is 0 Å². The maximum absolute atomic E-state index is 12.8. The van der Waals surface area contributed by atoms with Crippen LogP contribution in [0.5, 0.6) is 0 Å². The van der Waals surface area contributed by atoms with Crippen LogP contribution in [0, 0.1) is 5.92 Å². The maximum atomic E-state index is 12.8. The monoisotopic (exact) mass is 301 g/mol. The Morgan fingerprint density at radius 1 is 1.38 bits per heavy atom. The summed E-state index contributed by atoms with van der Waals surface area (Å²) in [5, 5.41) is 3.40. The molecule has 1 aromatic carbocycles. The molecule has 118 valence electrons. The van der Waals surface area contributed by atoms with Crippen LogP contribution in [0.15, 0.2) is 24.3 Å². The number of alkyl halides is 3. The molecule has 1 aliphatic rings. The molecule has 2 unspecified atom stereocenters. The maximum Gasteiger partial charge on any atom is 0.416 e. The summed E-state index contributed by atoms with van der Waals surface area (Å²) in [6.07, 6.45) is -1.59. The van der Waals surface area contributed by atoms with E-state index in [1.807, 2.05) is 6.92 Å². The molecule has 2 rings (SSSR count). The Bertz CT molecular complexity index is 441. The van der Waals surface area contributed by atoms with Crippen molar-refractivity contribution in [2.45, 2.75) is 38.4 Å². The molecule has 0 bridgehead atoms. The van der Waals surface area contributed by atoms with Crippen molar-refractivity contribution in [2.24, 2.45) is 5.92 Å². The van der Waals surface area contributed by atoms with Crippen LogP contribution in [0.1, 0.15) is 30.9 Å². The summed E-state index contributed by atoms with van der Waals surface area (Å²) in [6, 6.07) is 5.80. The molecule has 0 aromatic heterocycles. The second-order valence-corrected chi connectivity index (χ2v) is 5.54. The molecule has 2 atom stereocenters. The summed E-state index contributed by atoms with van der Waals surface area (Å²) in [7, 11) is 0. The Kier molecular flexibility index (Phi) is 5.65. The topological polar surface area (TPSA) is 21.3 Å². The first-order chi connectivity index (χ1) is 10.0. The van der Waals surface area contributed by atoms with Gasteiger partial charge < -0.3 is 10.1 Å². The van der Waals surface area contributed by atoms with Crippen molar-refractivity contribution in [3.05, 3.63) is 35.4 Å².